The van der Waals surface area contributed by atoms with Gasteiger partial charge < -0.3 is 5.32 Å². The van der Waals surface area contributed by atoms with Crippen molar-refractivity contribution in [2.75, 3.05) is 11.4 Å². The number of hydrogen-bond donors (Lipinski definition) is 1. The Kier molecular flexibility index (Phi) is 4.06. The molecule has 0 saturated carbocycles. The number of piperazine rings is 1. The predicted molar refractivity (Wildman–Crippen MR) is 77.8 cm³/mol. The van der Waals surface area contributed by atoms with Gasteiger partial charge in [-0.25, -0.2) is 8.78 Å². The van der Waals surface area contributed by atoms with Gasteiger partial charge in [0.15, 0.2) is 11.6 Å². The first-order valence-corrected chi connectivity index (χ1v) is 7.16. The first kappa shape index (κ1) is 15.9. The number of rotatable bonds is 1. The van der Waals surface area contributed by atoms with E-state index < -0.39 is 47.1 Å². The maximum atomic E-state index is 14.0. The largest absolute Gasteiger partial charge is 0.342 e. The molecule has 1 aromatic rings. The standard InChI is InChI=1S/C14H15BrF2N2O2/c1-14(2,3)12-13(21)19(6-10(20)18-12)11-8(16)4-7(15)5-9(11)17/h4-5,12H,6H2,1-3H3,(H,18,20). The van der Waals surface area contributed by atoms with Crippen molar-refractivity contribution in [1.29, 1.82) is 0 Å². The normalized spacial score (nSPS) is 19.7. The van der Waals surface area contributed by atoms with Gasteiger partial charge in [-0.2, -0.15) is 0 Å². The number of amides is 2. The number of anilines is 1. The smallest absolute Gasteiger partial charge is 0.250 e. The summed E-state index contributed by atoms with van der Waals surface area (Å²) in [7, 11) is 0. The van der Waals surface area contributed by atoms with Gasteiger partial charge in [-0.1, -0.05) is 36.7 Å². The van der Waals surface area contributed by atoms with Crippen LogP contribution >= 0.6 is 15.9 Å². The molecule has 1 aromatic carbocycles. The van der Waals surface area contributed by atoms with Crippen molar-refractivity contribution in [2.24, 2.45) is 5.41 Å². The van der Waals surface area contributed by atoms with E-state index in [4.69, 9.17) is 0 Å². The summed E-state index contributed by atoms with van der Waals surface area (Å²) < 4.78 is 28.3. The highest BCUT2D eigenvalue weighted by Crippen LogP contribution is 2.31. The minimum absolute atomic E-state index is 0.225. The molecule has 1 saturated heterocycles. The van der Waals surface area contributed by atoms with E-state index in [0.717, 1.165) is 17.0 Å². The third-order valence-electron chi connectivity index (χ3n) is 3.24. The number of hydrogen-bond acceptors (Lipinski definition) is 2. The zero-order chi connectivity index (χ0) is 15.9. The highest BCUT2D eigenvalue weighted by Gasteiger charge is 2.42. The minimum Gasteiger partial charge on any atom is -0.342 e. The molecule has 4 nitrogen and oxygen atoms in total. The Morgan fingerprint density at radius 1 is 1.24 bits per heavy atom. The first-order chi connectivity index (χ1) is 9.61. The summed E-state index contributed by atoms with van der Waals surface area (Å²) >= 11 is 2.98. The van der Waals surface area contributed by atoms with E-state index in [2.05, 4.69) is 21.2 Å². The molecule has 21 heavy (non-hydrogen) atoms. The number of nitrogens with one attached hydrogen (secondary N) is 1. The molecule has 1 aliphatic heterocycles. The van der Waals surface area contributed by atoms with Crippen LogP contribution in [0.2, 0.25) is 0 Å². The Labute approximate surface area is 129 Å². The molecule has 1 fully saturated rings. The van der Waals surface area contributed by atoms with Gasteiger partial charge >= 0.3 is 0 Å². The van der Waals surface area contributed by atoms with Gasteiger partial charge in [0, 0.05) is 4.47 Å². The lowest BCUT2D eigenvalue weighted by Gasteiger charge is -2.38. The predicted octanol–water partition coefficient (Wildman–Crippen LogP) is 2.60. The lowest BCUT2D eigenvalue weighted by atomic mass is 9.84. The number of halogens is 3. The van der Waals surface area contributed by atoms with Crippen molar-refractivity contribution in [3.63, 3.8) is 0 Å². The van der Waals surface area contributed by atoms with E-state index in [1.807, 2.05) is 0 Å². The molecule has 2 rings (SSSR count). The van der Waals surface area contributed by atoms with Crippen molar-refractivity contribution >= 4 is 33.4 Å². The molecule has 1 heterocycles. The lowest BCUT2D eigenvalue weighted by molar-refractivity contribution is -0.133. The fourth-order valence-electron chi connectivity index (χ4n) is 2.21. The van der Waals surface area contributed by atoms with E-state index in [1.165, 1.54) is 0 Å². The molecular weight excluding hydrogens is 346 g/mol. The van der Waals surface area contributed by atoms with Gasteiger partial charge in [0.2, 0.25) is 5.91 Å². The van der Waals surface area contributed by atoms with Crippen LogP contribution in [0.25, 0.3) is 0 Å². The molecule has 0 bridgehead atoms. The average Bonchev–Trinajstić information content (AvgIpc) is 2.30. The van der Waals surface area contributed by atoms with E-state index in [0.29, 0.717) is 0 Å². The second kappa shape index (κ2) is 5.36. The summed E-state index contributed by atoms with van der Waals surface area (Å²) in [6.07, 6.45) is 0. The Hall–Kier alpha value is -1.50. The van der Waals surface area contributed by atoms with Gasteiger partial charge in [-0.3, -0.25) is 14.5 Å². The third-order valence-corrected chi connectivity index (χ3v) is 3.70. The number of benzene rings is 1. The maximum Gasteiger partial charge on any atom is 0.250 e. The highest BCUT2D eigenvalue weighted by atomic mass is 79.9. The summed E-state index contributed by atoms with van der Waals surface area (Å²) in [5, 5.41) is 2.57. The first-order valence-electron chi connectivity index (χ1n) is 6.36. The van der Waals surface area contributed by atoms with Gasteiger partial charge in [0.1, 0.15) is 18.3 Å². The van der Waals surface area contributed by atoms with Crippen LogP contribution in [0.5, 0.6) is 0 Å². The Bertz CT molecular complexity index is 590. The molecule has 1 aliphatic rings. The molecule has 0 spiro atoms. The van der Waals surface area contributed by atoms with Crippen LogP contribution in [-0.4, -0.2) is 24.4 Å². The molecular formula is C14H15BrF2N2O2. The zero-order valence-electron chi connectivity index (χ0n) is 11.8. The van der Waals surface area contributed by atoms with E-state index in [1.54, 1.807) is 20.8 Å². The van der Waals surface area contributed by atoms with Crippen LogP contribution in [0.1, 0.15) is 20.8 Å². The summed E-state index contributed by atoms with van der Waals surface area (Å²) in [5.41, 5.74) is -1.06. The van der Waals surface area contributed by atoms with Crippen LogP contribution < -0.4 is 10.2 Å². The average molecular weight is 361 g/mol. The van der Waals surface area contributed by atoms with Crippen molar-refractivity contribution in [3.05, 3.63) is 28.2 Å². The van der Waals surface area contributed by atoms with Crippen LogP contribution in [0.4, 0.5) is 14.5 Å². The summed E-state index contributed by atoms with van der Waals surface area (Å²) in [5.74, 6) is -2.76. The third kappa shape index (κ3) is 3.07. The molecule has 0 radical (unpaired) electrons. The van der Waals surface area contributed by atoms with E-state index in [9.17, 15) is 18.4 Å². The van der Waals surface area contributed by atoms with Crippen molar-refractivity contribution in [1.82, 2.24) is 5.32 Å². The zero-order valence-corrected chi connectivity index (χ0v) is 13.4. The van der Waals surface area contributed by atoms with Gasteiger partial charge in [0.25, 0.3) is 5.91 Å². The lowest BCUT2D eigenvalue weighted by Crippen LogP contribution is -2.62. The molecule has 0 aromatic heterocycles. The summed E-state index contributed by atoms with van der Waals surface area (Å²) in [6.45, 7) is 4.91. The number of nitrogens with zero attached hydrogens (tertiary/aromatic N) is 1. The molecule has 1 unspecified atom stereocenters. The maximum absolute atomic E-state index is 14.0. The fourth-order valence-corrected chi connectivity index (χ4v) is 2.62. The summed E-state index contributed by atoms with van der Waals surface area (Å²) in [6, 6.07) is 1.29. The molecule has 7 heteroatoms. The quantitative estimate of drug-likeness (QED) is 0.836. The van der Waals surface area contributed by atoms with Crippen LogP contribution in [0.15, 0.2) is 16.6 Å². The second-order valence-electron chi connectivity index (χ2n) is 6.01. The van der Waals surface area contributed by atoms with Crippen LogP contribution in [-0.2, 0) is 9.59 Å². The van der Waals surface area contributed by atoms with Crippen molar-refractivity contribution < 1.29 is 18.4 Å². The molecule has 114 valence electrons. The number of carbonyl (C=O) groups is 2. The fraction of sp³-hybridized carbons (Fsp3) is 0.429. The Morgan fingerprint density at radius 3 is 2.24 bits per heavy atom. The minimum atomic E-state index is -0.891. The molecule has 1 atom stereocenters. The number of carbonyl (C=O) groups excluding carboxylic acids is 2. The SMILES string of the molecule is CC(C)(C)C1NC(=O)CN(c2c(F)cc(Br)cc2F)C1=O. The van der Waals surface area contributed by atoms with E-state index in [-0.39, 0.29) is 4.47 Å². The monoisotopic (exact) mass is 360 g/mol. The van der Waals surface area contributed by atoms with E-state index >= 15 is 0 Å². The van der Waals surface area contributed by atoms with Gasteiger partial charge in [0.05, 0.1) is 0 Å². The molecule has 0 aliphatic carbocycles. The molecule has 2 amide bonds. The van der Waals surface area contributed by atoms with Crippen molar-refractivity contribution in [3.8, 4) is 0 Å². The van der Waals surface area contributed by atoms with Crippen LogP contribution in [0.3, 0.4) is 0 Å². The molecule has 1 N–H and O–H groups in total. The second-order valence-corrected chi connectivity index (χ2v) is 6.92. The van der Waals surface area contributed by atoms with Crippen LogP contribution in [0, 0.1) is 17.0 Å². The summed E-state index contributed by atoms with van der Waals surface area (Å²) in [4.78, 5) is 25.1. The Balaban J connectivity index is 2.48. The topological polar surface area (TPSA) is 49.4 Å². The van der Waals surface area contributed by atoms with Gasteiger partial charge in [-0.15, -0.1) is 0 Å². The highest BCUT2D eigenvalue weighted by molar-refractivity contribution is 9.10. The Morgan fingerprint density at radius 2 is 1.76 bits per heavy atom. The van der Waals surface area contributed by atoms with Crippen molar-refractivity contribution in [2.45, 2.75) is 26.8 Å². The van der Waals surface area contributed by atoms with Gasteiger partial charge in [-0.05, 0) is 17.5 Å².